The number of pyridine rings is 1. The van der Waals surface area contributed by atoms with Crippen LogP contribution in [0.2, 0.25) is 0 Å². The van der Waals surface area contributed by atoms with Gasteiger partial charge in [0.05, 0.1) is 24.8 Å². The minimum absolute atomic E-state index is 0.0802. The molecule has 2 aromatic carbocycles. The summed E-state index contributed by atoms with van der Waals surface area (Å²) in [5, 5.41) is 11.3. The smallest absolute Gasteiger partial charge is 0.295 e. The molecule has 5 rings (SSSR count). The highest BCUT2D eigenvalue weighted by molar-refractivity contribution is 6.46. The molecule has 0 spiro atoms. The van der Waals surface area contributed by atoms with Crippen molar-refractivity contribution in [2.45, 2.75) is 19.6 Å². The highest BCUT2D eigenvalue weighted by Crippen LogP contribution is 2.39. The second kappa shape index (κ2) is 11.6. The van der Waals surface area contributed by atoms with Gasteiger partial charge in [0, 0.05) is 44.1 Å². The first-order valence-corrected chi connectivity index (χ1v) is 12.8. The number of likely N-dealkylation sites (tertiary alicyclic amines) is 1. The molecule has 3 aromatic rings. The fourth-order valence-corrected chi connectivity index (χ4v) is 4.91. The fourth-order valence-electron chi connectivity index (χ4n) is 4.91. The van der Waals surface area contributed by atoms with E-state index in [2.05, 4.69) is 16.0 Å². The van der Waals surface area contributed by atoms with Gasteiger partial charge in [-0.05, 0) is 54.4 Å². The molecule has 1 amide bonds. The first-order valence-electron chi connectivity index (χ1n) is 12.8. The molecule has 2 fully saturated rings. The summed E-state index contributed by atoms with van der Waals surface area (Å²) in [7, 11) is 0. The van der Waals surface area contributed by atoms with E-state index in [1.807, 2.05) is 25.1 Å². The normalized spacial score (nSPS) is 19.6. The third kappa shape index (κ3) is 5.61. The number of aryl methyl sites for hydroxylation is 1. The van der Waals surface area contributed by atoms with E-state index in [1.165, 1.54) is 0 Å². The lowest BCUT2D eigenvalue weighted by Gasteiger charge is -2.30. The Labute approximate surface area is 222 Å². The van der Waals surface area contributed by atoms with Crippen molar-refractivity contribution in [3.05, 3.63) is 101 Å². The zero-order chi connectivity index (χ0) is 26.5. The summed E-state index contributed by atoms with van der Waals surface area (Å²) in [4.78, 5) is 34.2. The third-order valence-electron chi connectivity index (χ3n) is 6.94. The summed E-state index contributed by atoms with van der Waals surface area (Å²) in [6.07, 6.45) is 3.25. The lowest BCUT2D eigenvalue weighted by molar-refractivity contribution is -0.140. The van der Waals surface area contributed by atoms with E-state index in [0.717, 1.165) is 29.8 Å². The summed E-state index contributed by atoms with van der Waals surface area (Å²) in [6, 6.07) is 17.8. The first-order chi connectivity index (χ1) is 18.5. The van der Waals surface area contributed by atoms with E-state index in [9.17, 15) is 14.7 Å². The van der Waals surface area contributed by atoms with Crippen molar-refractivity contribution >= 4 is 17.4 Å². The number of rotatable bonds is 8. The number of hydrogen-bond donors (Lipinski definition) is 1. The number of carbonyl (C=O) groups is 2. The van der Waals surface area contributed by atoms with E-state index in [1.54, 1.807) is 53.7 Å². The van der Waals surface area contributed by atoms with Crippen LogP contribution in [-0.2, 0) is 20.9 Å². The quantitative estimate of drug-likeness (QED) is 0.279. The molecule has 0 saturated carbocycles. The largest absolute Gasteiger partial charge is 0.507 e. The van der Waals surface area contributed by atoms with Crippen molar-refractivity contribution in [1.29, 1.82) is 0 Å². The van der Waals surface area contributed by atoms with Crippen molar-refractivity contribution in [2.75, 3.05) is 39.4 Å². The van der Waals surface area contributed by atoms with Crippen LogP contribution in [0.25, 0.3) is 5.76 Å². The van der Waals surface area contributed by atoms with Gasteiger partial charge in [0.2, 0.25) is 0 Å². The number of aromatic nitrogens is 1. The standard InChI is InChI=1S/C30H31N3O5/c1-21-3-2-4-22(19-21)20-38-25-7-5-24(6-8-25)28(34)26-27(23-9-11-31-12-10-23)33(30(36)29(26)35)14-13-32-15-17-37-18-16-32/h2-12,19,27,34H,13-18,20H2,1H3/b28-26+/t27-/m1/s1. The summed E-state index contributed by atoms with van der Waals surface area (Å²) < 4.78 is 11.3. The number of aliphatic hydroxyl groups is 1. The average molecular weight is 514 g/mol. The second-order valence-electron chi connectivity index (χ2n) is 9.53. The highest BCUT2D eigenvalue weighted by atomic mass is 16.5. The molecule has 1 atom stereocenters. The molecule has 8 nitrogen and oxygen atoms in total. The van der Waals surface area contributed by atoms with Crippen LogP contribution >= 0.6 is 0 Å². The fraction of sp³-hybridized carbons (Fsp3) is 0.300. The Balaban J connectivity index is 1.39. The molecule has 0 aliphatic carbocycles. The number of Topliss-reactive ketones (excluding diaryl/α,β-unsaturated/α-hetero) is 1. The number of aliphatic hydroxyl groups excluding tert-OH is 1. The van der Waals surface area contributed by atoms with E-state index in [-0.39, 0.29) is 11.3 Å². The number of ether oxygens (including phenoxy) is 2. The first kappa shape index (κ1) is 25.6. The average Bonchev–Trinajstić information content (AvgIpc) is 3.21. The van der Waals surface area contributed by atoms with Crippen molar-refractivity contribution in [1.82, 2.24) is 14.8 Å². The lowest BCUT2D eigenvalue weighted by Crippen LogP contribution is -2.42. The van der Waals surface area contributed by atoms with Crippen LogP contribution in [0, 0.1) is 6.92 Å². The maximum atomic E-state index is 13.2. The predicted octanol–water partition coefficient (Wildman–Crippen LogP) is 3.72. The molecule has 196 valence electrons. The molecular formula is C30H31N3O5. The number of benzene rings is 2. The van der Waals surface area contributed by atoms with Crippen LogP contribution < -0.4 is 4.74 Å². The number of ketones is 1. The van der Waals surface area contributed by atoms with Gasteiger partial charge in [-0.3, -0.25) is 19.5 Å². The van der Waals surface area contributed by atoms with Gasteiger partial charge < -0.3 is 19.5 Å². The molecule has 8 heteroatoms. The number of hydrogen-bond acceptors (Lipinski definition) is 7. The number of amides is 1. The van der Waals surface area contributed by atoms with Crippen LogP contribution in [0.3, 0.4) is 0 Å². The molecule has 1 N–H and O–H groups in total. The summed E-state index contributed by atoms with van der Waals surface area (Å²) in [5.74, 6) is -0.866. The molecule has 0 radical (unpaired) electrons. The van der Waals surface area contributed by atoms with Crippen LogP contribution in [0.15, 0.2) is 78.6 Å². The molecule has 3 heterocycles. The zero-order valence-corrected chi connectivity index (χ0v) is 21.4. The maximum absolute atomic E-state index is 13.2. The molecule has 2 saturated heterocycles. The van der Waals surface area contributed by atoms with E-state index < -0.39 is 17.7 Å². The lowest BCUT2D eigenvalue weighted by atomic mass is 9.96. The predicted molar refractivity (Wildman–Crippen MR) is 142 cm³/mol. The SMILES string of the molecule is Cc1cccc(COc2ccc(/C(O)=C3\C(=O)C(=O)N(CCN4CCOCC4)[C@@H]3c3ccncc3)cc2)c1. The Morgan fingerprint density at radius 1 is 1.03 bits per heavy atom. The van der Waals surface area contributed by atoms with E-state index >= 15 is 0 Å². The van der Waals surface area contributed by atoms with Crippen LogP contribution in [-0.4, -0.2) is 71.0 Å². The van der Waals surface area contributed by atoms with Crippen LogP contribution in [0.1, 0.15) is 28.3 Å². The second-order valence-corrected chi connectivity index (χ2v) is 9.53. The summed E-state index contributed by atoms with van der Waals surface area (Å²) in [6.45, 7) is 6.29. The topological polar surface area (TPSA) is 92.2 Å². The maximum Gasteiger partial charge on any atom is 0.295 e. The Hall–Kier alpha value is -4.01. The zero-order valence-electron chi connectivity index (χ0n) is 21.4. The van der Waals surface area contributed by atoms with Gasteiger partial charge in [-0.25, -0.2) is 0 Å². The van der Waals surface area contributed by atoms with E-state index in [4.69, 9.17) is 9.47 Å². The molecule has 1 aromatic heterocycles. The Bertz CT molecular complexity index is 1320. The van der Waals surface area contributed by atoms with Crippen molar-refractivity contribution in [3.63, 3.8) is 0 Å². The molecular weight excluding hydrogens is 482 g/mol. The molecule has 0 bridgehead atoms. The van der Waals surface area contributed by atoms with Crippen molar-refractivity contribution < 1.29 is 24.2 Å². The number of carbonyl (C=O) groups excluding carboxylic acids is 2. The minimum atomic E-state index is -0.698. The molecule has 2 aliphatic rings. The minimum Gasteiger partial charge on any atom is -0.507 e. The molecule has 38 heavy (non-hydrogen) atoms. The Kier molecular flexibility index (Phi) is 7.81. The Morgan fingerprint density at radius 2 is 1.76 bits per heavy atom. The summed E-state index contributed by atoms with van der Waals surface area (Å²) >= 11 is 0. The van der Waals surface area contributed by atoms with Crippen molar-refractivity contribution in [2.24, 2.45) is 0 Å². The van der Waals surface area contributed by atoms with Gasteiger partial charge in [0.1, 0.15) is 18.1 Å². The van der Waals surface area contributed by atoms with Gasteiger partial charge >= 0.3 is 0 Å². The monoisotopic (exact) mass is 513 g/mol. The highest BCUT2D eigenvalue weighted by Gasteiger charge is 2.46. The van der Waals surface area contributed by atoms with Crippen LogP contribution in [0.5, 0.6) is 5.75 Å². The third-order valence-corrected chi connectivity index (χ3v) is 6.94. The van der Waals surface area contributed by atoms with Gasteiger partial charge in [0.15, 0.2) is 0 Å². The van der Waals surface area contributed by atoms with Gasteiger partial charge in [-0.2, -0.15) is 0 Å². The molecule has 2 aliphatic heterocycles. The van der Waals surface area contributed by atoms with E-state index in [0.29, 0.717) is 44.2 Å². The summed E-state index contributed by atoms with van der Waals surface area (Å²) in [5.41, 5.74) is 3.47. The molecule has 0 unspecified atom stereocenters. The Morgan fingerprint density at radius 3 is 2.47 bits per heavy atom. The van der Waals surface area contributed by atoms with Crippen LogP contribution in [0.4, 0.5) is 0 Å². The van der Waals surface area contributed by atoms with Crippen molar-refractivity contribution in [3.8, 4) is 5.75 Å². The van der Waals surface area contributed by atoms with Gasteiger partial charge in [-0.15, -0.1) is 0 Å². The number of morpholine rings is 1. The number of nitrogens with zero attached hydrogens (tertiary/aromatic N) is 3. The van der Waals surface area contributed by atoms with Gasteiger partial charge in [-0.1, -0.05) is 29.8 Å². The van der Waals surface area contributed by atoms with Gasteiger partial charge in [0.25, 0.3) is 11.7 Å².